The Hall–Kier alpha value is -2.30. The van der Waals surface area contributed by atoms with Crippen LogP contribution in [0.25, 0.3) is 11.2 Å². The van der Waals surface area contributed by atoms with E-state index in [1.165, 1.54) is 24.7 Å². The van der Waals surface area contributed by atoms with E-state index < -0.39 is 43.1 Å². The third-order valence-electron chi connectivity index (χ3n) is 3.83. The summed E-state index contributed by atoms with van der Waals surface area (Å²) < 4.78 is 17.8. The van der Waals surface area contributed by atoms with Crippen LogP contribution in [0.3, 0.4) is 0 Å². The zero-order valence-corrected chi connectivity index (χ0v) is 15.0. The molecule has 4 atom stereocenters. The molecule has 0 aliphatic carbocycles. The number of carbonyl (C=O) groups is 2. The first kappa shape index (κ1) is 18.5. The molecule has 3 rings (SSSR count). The van der Waals surface area contributed by atoms with Gasteiger partial charge in [0.15, 0.2) is 29.2 Å². The van der Waals surface area contributed by atoms with Gasteiger partial charge in [0.2, 0.25) is 0 Å². The van der Waals surface area contributed by atoms with Crippen LogP contribution in [-0.4, -0.2) is 61.5 Å². The van der Waals surface area contributed by atoms with Crippen molar-refractivity contribution in [3.05, 3.63) is 17.3 Å². The van der Waals surface area contributed by atoms with Gasteiger partial charge >= 0.3 is 11.9 Å². The number of esters is 2. The Labute approximate surface area is 153 Å². The number of aryl methyl sites for hydroxylation is 1. The van der Waals surface area contributed by atoms with E-state index in [1.807, 2.05) is 0 Å². The minimum atomic E-state index is -1.00. The van der Waals surface area contributed by atoms with Crippen LogP contribution < -0.4 is 0 Å². The lowest BCUT2D eigenvalue weighted by Crippen LogP contribution is -2.40. The number of hydrogen-bond donors (Lipinski definition) is 1. The molecule has 10 nitrogen and oxygen atoms in total. The van der Waals surface area contributed by atoms with Crippen LogP contribution in [0.5, 0.6) is 0 Å². The van der Waals surface area contributed by atoms with Gasteiger partial charge in [-0.05, 0) is 6.92 Å². The summed E-state index contributed by atoms with van der Waals surface area (Å²) in [7, 11) is 0. The molecule has 1 fully saturated rings. The van der Waals surface area contributed by atoms with Crippen LogP contribution in [0.15, 0.2) is 6.33 Å². The van der Waals surface area contributed by atoms with E-state index in [2.05, 4.69) is 15.0 Å². The molecule has 2 aromatic heterocycles. The van der Waals surface area contributed by atoms with Crippen molar-refractivity contribution in [2.45, 2.75) is 45.3 Å². The van der Waals surface area contributed by atoms with Crippen molar-refractivity contribution in [1.29, 1.82) is 0 Å². The molecule has 0 amide bonds. The van der Waals surface area contributed by atoms with Crippen LogP contribution in [-0.2, 0) is 23.8 Å². The molecule has 0 saturated carbocycles. The second-order valence-electron chi connectivity index (χ2n) is 5.78. The lowest BCUT2D eigenvalue weighted by molar-refractivity contribution is -0.165. The summed E-state index contributed by atoms with van der Waals surface area (Å²) in [4.78, 5) is 35.5. The topological polar surface area (TPSA) is 126 Å². The number of nitrogens with zero attached hydrogens (tertiary/aromatic N) is 4. The van der Waals surface area contributed by atoms with Crippen LogP contribution in [0.4, 0.5) is 0 Å². The number of aliphatic hydroxyl groups is 1. The van der Waals surface area contributed by atoms with E-state index in [-0.39, 0.29) is 5.15 Å². The summed E-state index contributed by atoms with van der Waals surface area (Å²) in [6.45, 7) is 3.67. The fourth-order valence-electron chi connectivity index (χ4n) is 2.90. The van der Waals surface area contributed by atoms with E-state index in [0.29, 0.717) is 17.0 Å². The summed E-state index contributed by atoms with van der Waals surface area (Å²) in [6, 6.07) is 0. The number of rotatable bonds is 4. The normalized spacial score (nSPS) is 25.4. The minimum absolute atomic E-state index is 0.170. The maximum absolute atomic E-state index is 11.6. The average Bonchev–Trinajstić information content (AvgIpc) is 3.09. The second kappa shape index (κ2) is 7.14. The van der Waals surface area contributed by atoms with Crippen LogP contribution in [0.2, 0.25) is 5.15 Å². The van der Waals surface area contributed by atoms with Crippen molar-refractivity contribution >= 4 is 34.7 Å². The molecule has 1 saturated heterocycles. The molecular weight excluding hydrogens is 368 g/mol. The van der Waals surface area contributed by atoms with Gasteiger partial charge in [-0.1, -0.05) is 11.6 Å². The van der Waals surface area contributed by atoms with Crippen molar-refractivity contribution in [2.75, 3.05) is 6.61 Å². The Morgan fingerprint density at radius 1 is 1.27 bits per heavy atom. The maximum atomic E-state index is 11.6. The number of fused-ring (bicyclic) bond motifs is 1. The van der Waals surface area contributed by atoms with Gasteiger partial charge in [-0.25, -0.2) is 15.0 Å². The largest absolute Gasteiger partial charge is 0.456 e. The number of aromatic nitrogens is 4. The number of hydrogen-bond acceptors (Lipinski definition) is 9. The highest BCUT2D eigenvalue weighted by molar-refractivity contribution is 6.33. The maximum Gasteiger partial charge on any atom is 0.303 e. The third-order valence-corrected chi connectivity index (χ3v) is 4.10. The van der Waals surface area contributed by atoms with E-state index >= 15 is 0 Å². The fourth-order valence-corrected chi connectivity index (χ4v) is 3.16. The Bertz CT molecular complexity index is 856. The zero-order valence-electron chi connectivity index (χ0n) is 14.2. The molecule has 0 spiro atoms. The van der Waals surface area contributed by atoms with Gasteiger partial charge in [0.25, 0.3) is 0 Å². The van der Waals surface area contributed by atoms with Gasteiger partial charge in [-0.2, -0.15) is 0 Å². The molecule has 1 aliphatic rings. The minimum Gasteiger partial charge on any atom is -0.456 e. The van der Waals surface area contributed by atoms with E-state index in [9.17, 15) is 14.7 Å². The quantitative estimate of drug-likeness (QED) is 0.593. The Kier molecular flexibility index (Phi) is 5.08. The van der Waals surface area contributed by atoms with Gasteiger partial charge in [0, 0.05) is 13.8 Å². The highest BCUT2D eigenvalue weighted by Crippen LogP contribution is 2.36. The first-order chi connectivity index (χ1) is 12.3. The summed E-state index contributed by atoms with van der Waals surface area (Å²) in [5.41, 5.74) is 0.712. The van der Waals surface area contributed by atoms with Gasteiger partial charge in [0.05, 0.1) is 12.9 Å². The van der Waals surface area contributed by atoms with Gasteiger partial charge in [-0.3, -0.25) is 14.2 Å². The monoisotopic (exact) mass is 384 g/mol. The van der Waals surface area contributed by atoms with Crippen molar-refractivity contribution < 1.29 is 28.9 Å². The highest BCUT2D eigenvalue weighted by Gasteiger charge is 2.50. The molecule has 140 valence electrons. The van der Waals surface area contributed by atoms with Gasteiger partial charge in [0.1, 0.15) is 17.4 Å². The molecule has 26 heavy (non-hydrogen) atoms. The molecule has 1 aliphatic heterocycles. The number of aliphatic hydroxyl groups excluding tert-OH is 1. The highest BCUT2D eigenvalue weighted by atomic mass is 35.5. The number of imidazole rings is 1. The van der Waals surface area contributed by atoms with Crippen LogP contribution >= 0.6 is 11.6 Å². The second-order valence-corrected chi connectivity index (χ2v) is 6.14. The molecule has 0 bridgehead atoms. The van der Waals surface area contributed by atoms with E-state index in [0.717, 1.165) is 0 Å². The predicted molar refractivity (Wildman–Crippen MR) is 87.2 cm³/mol. The van der Waals surface area contributed by atoms with Gasteiger partial charge in [-0.15, -0.1) is 0 Å². The molecule has 0 aromatic carbocycles. The third kappa shape index (κ3) is 3.35. The van der Waals surface area contributed by atoms with E-state index in [4.69, 9.17) is 25.8 Å². The molecule has 3 heterocycles. The lowest BCUT2D eigenvalue weighted by Gasteiger charge is -2.23. The summed E-state index contributed by atoms with van der Waals surface area (Å²) in [5, 5.41) is 9.76. The molecular formula is C15H17ClN4O6. The van der Waals surface area contributed by atoms with Crippen molar-refractivity contribution in [3.63, 3.8) is 0 Å². The van der Waals surface area contributed by atoms with Crippen LogP contribution in [0.1, 0.15) is 25.9 Å². The van der Waals surface area contributed by atoms with Crippen molar-refractivity contribution in [1.82, 2.24) is 19.5 Å². The molecule has 11 heteroatoms. The van der Waals surface area contributed by atoms with Crippen LogP contribution in [0, 0.1) is 6.92 Å². The lowest BCUT2D eigenvalue weighted by atomic mass is 10.1. The number of halogens is 1. The molecule has 1 N–H and O–H groups in total. The average molecular weight is 385 g/mol. The number of carbonyl (C=O) groups excluding carboxylic acids is 2. The van der Waals surface area contributed by atoms with Crippen molar-refractivity contribution in [3.8, 4) is 0 Å². The van der Waals surface area contributed by atoms with Crippen molar-refractivity contribution in [2.24, 2.45) is 0 Å². The molecule has 0 unspecified atom stereocenters. The molecule has 0 radical (unpaired) electrons. The first-order valence-corrected chi connectivity index (χ1v) is 8.17. The summed E-state index contributed by atoms with van der Waals surface area (Å²) >= 11 is 6.09. The first-order valence-electron chi connectivity index (χ1n) is 7.79. The fraction of sp³-hybridized carbons (Fsp3) is 0.533. The smallest absolute Gasteiger partial charge is 0.303 e. The predicted octanol–water partition coefficient (Wildman–Crippen LogP) is 0.541. The number of ether oxygens (including phenoxy) is 3. The SMILES string of the molecule is CC(=O)O[C@@H]1[C@H](OC(C)=O)[C@@H](CO)O[C@H]1n1cnc2c(Cl)nc(C)nc21. The Morgan fingerprint density at radius 2 is 1.92 bits per heavy atom. The standard InChI is InChI=1S/C15H17ClN4O6/c1-6-18-13(16)10-14(19-6)20(5-17-10)15-12(25-8(3)23)11(24-7(2)22)9(4-21)26-15/h5,9,11-12,15,21H,4H2,1-3H3/t9-,11-,12-,15-/m1/s1. The summed E-state index contributed by atoms with van der Waals surface area (Å²) in [6.07, 6.45) is -2.38. The Morgan fingerprint density at radius 3 is 2.54 bits per heavy atom. The van der Waals surface area contributed by atoms with E-state index in [1.54, 1.807) is 6.92 Å². The zero-order chi connectivity index (χ0) is 19.0. The molecule has 2 aromatic rings. The summed E-state index contributed by atoms with van der Waals surface area (Å²) in [5.74, 6) is -0.763. The Balaban J connectivity index is 2.07. The van der Waals surface area contributed by atoms with Gasteiger partial charge < -0.3 is 19.3 Å².